The van der Waals surface area contributed by atoms with Gasteiger partial charge in [0.15, 0.2) is 5.79 Å². The van der Waals surface area contributed by atoms with Crippen molar-refractivity contribution in [2.45, 2.75) is 71.6 Å². The normalized spacial score (nSPS) is 41.1. The van der Waals surface area contributed by atoms with Crippen LogP contribution in [0.15, 0.2) is 42.5 Å². The van der Waals surface area contributed by atoms with Gasteiger partial charge in [0.1, 0.15) is 12.0 Å². The molecule has 28 heavy (non-hydrogen) atoms. The fraction of sp³-hybridized carbons (Fsp3) is 0.636. The molecule has 4 rings (SSSR count). The average Bonchev–Trinajstić information content (AvgIpc) is 3.09. The first-order valence-corrected chi connectivity index (χ1v) is 9.82. The Kier molecular flexibility index (Phi) is 5.62. The van der Waals surface area contributed by atoms with E-state index < -0.39 is 17.8 Å². The Bertz CT molecular complexity index is 724. The second-order valence-corrected chi connectivity index (χ2v) is 8.96. The van der Waals surface area contributed by atoms with E-state index in [4.69, 9.17) is 18.9 Å². The average molecular weight is 380 g/mol. The second kappa shape index (κ2) is 7.29. The van der Waals surface area contributed by atoms with Gasteiger partial charge in [-0.3, -0.25) is 0 Å². The fourth-order valence-electron chi connectivity index (χ4n) is 5.38. The Hall–Kier alpha value is -1.12. The summed E-state index contributed by atoms with van der Waals surface area (Å²) in [6, 6.07) is 9.18. The summed E-state index contributed by atoms with van der Waals surface area (Å²) >= 11 is 0. The summed E-state index contributed by atoms with van der Waals surface area (Å²) in [7, 11) is 0. The van der Waals surface area contributed by atoms with Crippen molar-refractivity contribution in [1.29, 1.82) is 0 Å². The molecule has 0 N–H and O–H groups in total. The smallest absolute Gasteiger partial charge is 0.602 e. The molecule has 148 valence electrons. The summed E-state index contributed by atoms with van der Waals surface area (Å²) in [5.74, 6) is -0.590. The Labute approximate surface area is 179 Å². The molecular weight excluding hydrogens is 351 g/mol. The molecular formula is C22H29LiO5. The Morgan fingerprint density at radius 3 is 2.32 bits per heavy atom. The maximum atomic E-state index is 12.6. The van der Waals surface area contributed by atoms with E-state index >= 15 is 0 Å². The molecule has 5 nitrogen and oxygen atoms in total. The van der Waals surface area contributed by atoms with Crippen LogP contribution in [0.1, 0.15) is 47.5 Å². The molecule has 0 aromatic heterocycles. The molecule has 6 atom stereocenters. The Balaban J connectivity index is 0.00000225. The van der Waals surface area contributed by atoms with Crippen molar-refractivity contribution in [3.8, 4) is 5.75 Å². The first-order valence-electron chi connectivity index (χ1n) is 9.82. The predicted octanol–water partition coefficient (Wildman–Crippen LogP) is 0.590. The van der Waals surface area contributed by atoms with Gasteiger partial charge in [-0.2, -0.15) is 0 Å². The molecule has 1 saturated heterocycles. The van der Waals surface area contributed by atoms with Gasteiger partial charge in [0.25, 0.3) is 0 Å². The van der Waals surface area contributed by atoms with Crippen LogP contribution in [-0.4, -0.2) is 24.1 Å². The van der Waals surface area contributed by atoms with Crippen LogP contribution in [-0.2, 0) is 14.2 Å². The molecule has 1 aromatic rings. The van der Waals surface area contributed by atoms with Gasteiger partial charge < -0.3 is 24.1 Å². The van der Waals surface area contributed by atoms with E-state index in [1.165, 1.54) is 0 Å². The number of hydrogen-bond acceptors (Lipinski definition) is 5. The van der Waals surface area contributed by atoms with Crippen LogP contribution < -0.4 is 28.7 Å². The van der Waals surface area contributed by atoms with Crippen molar-refractivity contribution < 1.29 is 42.9 Å². The van der Waals surface area contributed by atoms with Crippen LogP contribution in [0.25, 0.3) is 0 Å². The third-order valence-corrected chi connectivity index (χ3v) is 7.39. The molecule has 1 heterocycles. The molecule has 1 unspecified atom stereocenters. The first-order chi connectivity index (χ1) is 12.7. The summed E-state index contributed by atoms with van der Waals surface area (Å²) in [4.78, 5) is 0. The number of ether oxygens (including phenoxy) is 4. The number of fused-ring (bicyclic) bond motifs is 3. The molecule has 2 bridgehead atoms. The Morgan fingerprint density at radius 2 is 1.71 bits per heavy atom. The number of hydrogen-bond donors (Lipinski definition) is 0. The molecule has 0 amide bonds. The monoisotopic (exact) mass is 380 g/mol. The van der Waals surface area contributed by atoms with E-state index in [1.807, 2.05) is 32.0 Å². The molecule has 6 heteroatoms. The summed E-state index contributed by atoms with van der Waals surface area (Å²) in [6.45, 7) is 10.7. The van der Waals surface area contributed by atoms with E-state index in [0.29, 0.717) is 5.75 Å². The Morgan fingerprint density at radius 1 is 1.11 bits per heavy atom. The molecule has 1 spiro atoms. The molecule has 0 radical (unpaired) electrons. The van der Waals surface area contributed by atoms with Crippen LogP contribution in [0.2, 0.25) is 0 Å². The van der Waals surface area contributed by atoms with Crippen molar-refractivity contribution in [3.05, 3.63) is 42.5 Å². The van der Waals surface area contributed by atoms with Gasteiger partial charge in [-0.1, -0.05) is 39.0 Å². The molecule has 2 aliphatic carbocycles. The van der Waals surface area contributed by atoms with Crippen LogP contribution in [0.5, 0.6) is 5.75 Å². The summed E-state index contributed by atoms with van der Waals surface area (Å²) in [6.07, 6.45) is 2.60. The minimum atomic E-state index is -0.869. The van der Waals surface area contributed by atoms with Crippen molar-refractivity contribution >= 4 is 0 Å². The summed E-state index contributed by atoms with van der Waals surface area (Å²) in [5, 5.41) is 12.6. The van der Waals surface area contributed by atoms with Gasteiger partial charge in [-0.15, -0.1) is 0 Å². The molecule has 3 fully saturated rings. The van der Waals surface area contributed by atoms with Crippen molar-refractivity contribution in [3.63, 3.8) is 0 Å². The zero-order chi connectivity index (χ0) is 19.4. The fourth-order valence-corrected chi connectivity index (χ4v) is 5.38. The van der Waals surface area contributed by atoms with E-state index in [-0.39, 0.29) is 47.8 Å². The van der Waals surface area contributed by atoms with Crippen LogP contribution in [0, 0.1) is 16.7 Å². The quantitative estimate of drug-likeness (QED) is 0.565. The number of para-hydroxylation sites is 1. The zero-order valence-electron chi connectivity index (χ0n) is 17.7. The molecule has 1 aliphatic heterocycles. The zero-order valence-corrected chi connectivity index (χ0v) is 17.7. The molecule has 2 saturated carbocycles. The SMILES string of the molecule is C[C@@H]1OC2(O[C@@H]1C)[C@H]1CC[C@@](C)([C@@H]2O/C([O-])=C/Oc2ccccc2)C1(C)C.[Li+]. The van der Waals surface area contributed by atoms with Crippen LogP contribution in [0.3, 0.4) is 0 Å². The number of rotatable bonds is 4. The van der Waals surface area contributed by atoms with Gasteiger partial charge in [-0.25, -0.2) is 0 Å². The third-order valence-electron chi connectivity index (χ3n) is 7.39. The van der Waals surface area contributed by atoms with Gasteiger partial charge in [0, 0.05) is 5.92 Å². The first kappa shape index (κ1) is 21.6. The molecule has 3 aliphatic rings. The van der Waals surface area contributed by atoms with Crippen LogP contribution >= 0.6 is 0 Å². The van der Waals surface area contributed by atoms with Crippen molar-refractivity contribution in [1.82, 2.24) is 0 Å². The largest absolute Gasteiger partial charge is 1.00 e. The van der Waals surface area contributed by atoms with Crippen molar-refractivity contribution in [2.24, 2.45) is 16.7 Å². The van der Waals surface area contributed by atoms with Gasteiger partial charge >= 0.3 is 18.9 Å². The maximum absolute atomic E-state index is 12.6. The van der Waals surface area contributed by atoms with E-state index in [9.17, 15) is 5.11 Å². The summed E-state index contributed by atoms with van der Waals surface area (Å²) in [5.41, 5.74) is -0.264. The standard InChI is InChI=1S/C22H30O5.Li/c1-14-15(2)27-22(26-14)17-11-12-21(5,20(17,3)4)19(22)25-18(23)13-24-16-9-7-6-8-10-16;/h6-10,13-15,17,19,23H,11-12H2,1-5H3;/q;+1/p-1/b18-13+;/t14-,15+,17-,19-,21-,22?;/m0./s1. The number of benzene rings is 1. The second-order valence-electron chi connectivity index (χ2n) is 8.96. The van der Waals surface area contributed by atoms with Crippen molar-refractivity contribution in [2.75, 3.05) is 0 Å². The van der Waals surface area contributed by atoms with E-state index in [2.05, 4.69) is 20.8 Å². The van der Waals surface area contributed by atoms with E-state index in [0.717, 1.165) is 19.1 Å². The molecule has 1 aromatic carbocycles. The predicted molar refractivity (Wildman–Crippen MR) is 98.5 cm³/mol. The van der Waals surface area contributed by atoms with Gasteiger partial charge in [-0.05, 0) is 49.7 Å². The third kappa shape index (κ3) is 2.99. The van der Waals surface area contributed by atoms with Gasteiger partial charge in [0.2, 0.25) is 0 Å². The minimum absolute atomic E-state index is 0. The summed E-state index contributed by atoms with van der Waals surface area (Å²) < 4.78 is 24.2. The topological polar surface area (TPSA) is 60.0 Å². The minimum Gasteiger partial charge on any atom is -0.602 e. The maximum Gasteiger partial charge on any atom is 1.00 e. The van der Waals surface area contributed by atoms with E-state index in [1.54, 1.807) is 12.1 Å². The van der Waals surface area contributed by atoms with Gasteiger partial charge in [0.05, 0.1) is 24.3 Å². The van der Waals surface area contributed by atoms with Crippen LogP contribution in [0.4, 0.5) is 0 Å².